The highest BCUT2D eigenvalue weighted by Gasteiger charge is 2.12. The lowest BCUT2D eigenvalue weighted by Crippen LogP contribution is -2.14. The molecule has 0 unspecified atom stereocenters. The Balaban J connectivity index is 1.31. The first-order chi connectivity index (χ1) is 14.2. The second kappa shape index (κ2) is 9.49. The number of amides is 1. The minimum atomic E-state index is -0.159. The van der Waals surface area contributed by atoms with E-state index in [9.17, 15) is 4.79 Å². The third-order valence-electron chi connectivity index (χ3n) is 3.84. The monoisotopic (exact) mass is 458 g/mol. The maximum atomic E-state index is 12.3. The molecule has 2 aromatic heterocycles. The van der Waals surface area contributed by atoms with E-state index in [1.807, 2.05) is 47.8 Å². The van der Waals surface area contributed by atoms with E-state index in [2.05, 4.69) is 32.6 Å². The van der Waals surface area contributed by atoms with Crippen molar-refractivity contribution in [2.75, 3.05) is 5.32 Å². The predicted octanol–water partition coefficient (Wildman–Crippen LogP) is 5.79. The van der Waals surface area contributed by atoms with Gasteiger partial charge in [0.1, 0.15) is 5.01 Å². The van der Waals surface area contributed by atoms with E-state index in [0.29, 0.717) is 10.2 Å². The van der Waals surface area contributed by atoms with Crippen molar-refractivity contribution in [3.8, 4) is 10.6 Å². The molecular weight excluding hydrogens is 444 g/mol. The highest BCUT2D eigenvalue weighted by molar-refractivity contribution is 8.00. The van der Waals surface area contributed by atoms with Crippen LogP contribution in [0.3, 0.4) is 0 Å². The van der Waals surface area contributed by atoms with Gasteiger partial charge in [-0.2, -0.15) is 0 Å². The molecule has 0 saturated carbocycles. The van der Waals surface area contributed by atoms with Crippen molar-refractivity contribution >= 4 is 57.1 Å². The molecule has 4 rings (SSSR count). The van der Waals surface area contributed by atoms with Crippen LogP contribution in [0.25, 0.3) is 10.6 Å². The van der Waals surface area contributed by atoms with Gasteiger partial charge in [0.05, 0.1) is 12.1 Å². The van der Waals surface area contributed by atoms with Gasteiger partial charge >= 0.3 is 0 Å². The molecule has 4 aromatic rings. The molecule has 5 nitrogen and oxygen atoms in total. The van der Waals surface area contributed by atoms with E-state index in [-0.39, 0.29) is 12.3 Å². The zero-order valence-corrected chi connectivity index (χ0v) is 18.2. The fourth-order valence-electron chi connectivity index (χ4n) is 2.48. The van der Waals surface area contributed by atoms with Crippen LogP contribution in [0.15, 0.2) is 64.3 Å². The molecule has 29 heavy (non-hydrogen) atoms. The Labute approximate surface area is 185 Å². The van der Waals surface area contributed by atoms with Gasteiger partial charge in [0, 0.05) is 21.7 Å². The second-order valence-electron chi connectivity index (χ2n) is 6.02. The van der Waals surface area contributed by atoms with Crippen LogP contribution in [-0.4, -0.2) is 21.1 Å². The summed E-state index contributed by atoms with van der Waals surface area (Å²) in [7, 11) is 0. The number of aromatic nitrogens is 3. The summed E-state index contributed by atoms with van der Waals surface area (Å²) in [6, 6.07) is 17.7. The van der Waals surface area contributed by atoms with Crippen LogP contribution in [0, 0.1) is 0 Å². The lowest BCUT2D eigenvalue weighted by atomic mass is 10.2. The van der Waals surface area contributed by atoms with Crippen LogP contribution in [-0.2, 0) is 17.0 Å². The lowest BCUT2D eigenvalue weighted by molar-refractivity contribution is -0.115. The number of nitrogens with zero attached hydrogens (tertiary/aromatic N) is 3. The average Bonchev–Trinajstić information content (AvgIpc) is 3.37. The molecule has 1 amide bonds. The lowest BCUT2D eigenvalue weighted by Gasteiger charge is -1.99. The largest absolute Gasteiger partial charge is 0.300 e. The molecule has 0 atom stereocenters. The highest BCUT2D eigenvalue weighted by Crippen LogP contribution is 2.29. The van der Waals surface area contributed by atoms with E-state index in [4.69, 9.17) is 11.6 Å². The zero-order chi connectivity index (χ0) is 20.1. The number of anilines is 1. The Morgan fingerprint density at radius 1 is 1.07 bits per heavy atom. The molecule has 146 valence electrons. The minimum Gasteiger partial charge on any atom is -0.300 e. The first-order valence-electron chi connectivity index (χ1n) is 8.66. The summed E-state index contributed by atoms with van der Waals surface area (Å²) >= 11 is 10.4. The quantitative estimate of drug-likeness (QED) is 0.280. The summed E-state index contributed by atoms with van der Waals surface area (Å²) in [5.41, 5.74) is 2.93. The van der Waals surface area contributed by atoms with Crippen molar-refractivity contribution in [2.45, 2.75) is 16.5 Å². The van der Waals surface area contributed by atoms with Crippen molar-refractivity contribution in [3.05, 3.63) is 76.3 Å². The summed E-state index contributed by atoms with van der Waals surface area (Å²) < 4.78 is 0.822. The highest BCUT2D eigenvalue weighted by atomic mass is 35.5. The molecule has 2 heterocycles. The summed E-state index contributed by atoms with van der Waals surface area (Å²) in [5, 5.41) is 14.9. The number of nitrogens with one attached hydrogen (secondary N) is 1. The molecular formula is C20H15ClN4OS3. The van der Waals surface area contributed by atoms with Gasteiger partial charge < -0.3 is 5.32 Å². The Kier molecular flexibility index (Phi) is 6.56. The van der Waals surface area contributed by atoms with Crippen LogP contribution in [0.1, 0.15) is 11.3 Å². The molecule has 0 aliphatic carbocycles. The summed E-state index contributed by atoms with van der Waals surface area (Å²) in [5.74, 6) is 0.657. The molecule has 0 aliphatic rings. The molecule has 2 aromatic carbocycles. The van der Waals surface area contributed by atoms with Gasteiger partial charge in [0.2, 0.25) is 11.0 Å². The van der Waals surface area contributed by atoms with E-state index >= 15 is 0 Å². The van der Waals surface area contributed by atoms with Crippen LogP contribution < -0.4 is 5.32 Å². The average molecular weight is 459 g/mol. The van der Waals surface area contributed by atoms with Gasteiger partial charge in [-0.25, -0.2) is 4.98 Å². The van der Waals surface area contributed by atoms with Gasteiger partial charge in [-0.05, 0) is 17.7 Å². The summed E-state index contributed by atoms with van der Waals surface area (Å²) in [4.78, 5) is 16.9. The standard InChI is InChI=1S/C20H15ClN4OS3/c21-15-8-6-14(7-9-15)18-22-16(12-27-18)10-17(26)23-19-24-25-20(29-19)28-11-13-4-2-1-3-5-13/h1-9,12H,10-11H2,(H,23,24,26). The number of carbonyl (C=O) groups excluding carboxylic acids is 1. The van der Waals surface area contributed by atoms with Crippen LogP contribution in [0.2, 0.25) is 5.02 Å². The molecule has 0 aliphatic heterocycles. The Morgan fingerprint density at radius 3 is 2.66 bits per heavy atom. The summed E-state index contributed by atoms with van der Waals surface area (Å²) in [6.45, 7) is 0. The number of thioether (sulfide) groups is 1. The summed E-state index contributed by atoms with van der Waals surface area (Å²) in [6.07, 6.45) is 0.191. The third-order valence-corrected chi connectivity index (χ3v) is 7.08. The van der Waals surface area contributed by atoms with Gasteiger partial charge in [-0.1, -0.05) is 77.2 Å². The number of benzene rings is 2. The zero-order valence-electron chi connectivity index (χ0n) is 15.0. The molecule has 1 N–H and O–H groups in total. The number of carbonyl (C=O) groups is 1. The second-order valence-corrected chi connectivity index (χ2v) is 9.52. The van der Waals surface area contributed by atoms with E-state index < -0.39 is 0 Å². The van der Waals surface area contributed by atoms with Crippen molar-refractivity contribution in [1.82, 2.24) is 15.2 Å². The van der Waals surface area contributed by atoms with Crippen molar-refractivity contribution < 1.29 is 4.79 Å². The smallest absolute Gasteiger partial charge is 0.232 e. The predicted molar refractivity (Wildman–Crippen MR) is 121 cm³/mol. The van der Waals surface area contributed by atoms with Gasteiger partial charge in [-0.15, -0.1) is 21.5 Å². The molecule has 9 heteroatoms. The number of hydrogen-bond donors (Lipinski definition) is 1. The minimum absolute atomic E-state index is 0.159. The SMILES string of the molecule is O=C(Cc1csc(-c2ccc(Cl)cc2)n1)Nc1nnc(SCc2ccccc2)s1. The molecule has 0 bridgehead atoms. The Hall–Kier alpha value is -2.26. The van der Waals surface area contributed by atoms with E-state index in [1.54, 1.807) is 11.8 Å². The third kappa shape index (κ3) is 5.63. The first-order valence-corrected chi connectivity index (χ1v) is 11.7. The van der Waals surface area contributed by atoms with Crippen LogP contribution in [0.4, 0.5) is 5.13 Å². The van der Waals surface area contributed by atoms with Gasteiger partial charge in [-0.3, -0.25) is 4.79 Å². The van der Waals surface area contributed by atoms with Crippen molar-refractivity contribution in [1.29, 1.82) is 0 Å². The number of rotatable bonds is 7. The topological polar surface area (TPSA) is 67.8 Å². The first kappa shape index (κ1) is 20.0. The fraction of sp³-hybridized carbons (Fsp3) is 0.100. The van der Waals surface area contributed by atoms with Gasteiger partial charge in [0.15, 0.2) is 4.34 Å². The van der Waals surface area contributed by atoms with Crippen molar-refractivity contribution in [2.24, 2.45) is 0 Å². The maximum Gasteiger partial charge on any atom is 0.232 e. The van der Waals surface area contributed by atoms with Crippen molar-refractivity contribution in [3.63, 3.8) is 0 Å². The van der Waals surface area contributed by atoms with Crippen LogP contribution in [0.5, 0.6) is 0 Å². The maximum absolute atomic E-state index is 12.3. The van der Waals surface area contributed by atoms with Crippen LogP contribution >= 0.6 is 46.0 Å². The molecule has 0 radical (unpaired) electrons. The molecule has 0 saturated heterocycles. The Bertz CT molecular complexity index is 1100. The normalized spacial score (nSPS) is 10.8. The van der Waals surface area contributed by atoms with E-state index in [1.165, 1.54) is 28.2 Å². The number of halogens is 1. The van der Waals surface area contributed by atoms with E-state index in [0.717, 1.165) is 26.4 Å². The molecule has 0 fully saturated rings. The fourth-order valence-corrected chi connectivity index (χ4v) is 5.15. The number of hydrogen-bond acceptors (Lipinski definition) is 7. The van der Waals surface area contributed by atoms with Gasteiger partial charge in [0.25, 0.3) is 0 Å². The molecule has 0 spiro atoms. The Morgan fingerprint density at radius 2 is 1.86 bits per heavy atom. The number of thiazole rings is 1.